The van der Waals surface area contributed by atoms with Crippen LogP contribution in [0, 0.1) is 5.92 Å². The van der Waals surface area contributed by atoms with E-state index in [9.17, 15) is 25.2 Å². The zero-order valence-corrected chi connectivity index (χ0v) is 32.0. The molecule has 0 aromatic heterocycles. The van der Waals surface area contributed by atoms with Crippen LogP contribution in [0.2, 0.25) is 0 Å². The number of aliphatic hydroxyl groups is 4. The zero-order chi connectivity index (χ0) is 35.3. The lowest BCUT2D eigenvalue weighted by molar-refractivity contribution is -0.127. The number of nitrogens with one attached hydrogen (secondary N) is 1. The van der Waals surface area contributed by atoms with Gasteiger partial charge in [-0.3, -0.25) is 4.79 Å². The van der Waals surface area contributed by atoms with Gasteiger partial charge in [0.2, 0.25) is 5.91 Å². The summed E-state index contributed by atoms with van der Waals surface area (Å²) < 4.78 is 0. The van der Waals surface area contributed by atoms with Crippen molar-refractivity contribution in [1.82, 2.24) is 5.32 Å². The fourth-order valence-corrected chi connectivity index (χ4v) is 6.71. The van der Waals surface area contributed by atoms with E-state index in [1.165, 1.54) is 160 Å². The van der Waals surface area contributed by atoms with Gasteiger partial charge in [0, 0.05) is 12.5 Å². The van der Waals surface area contributed by atoms with Gasteiger partial charge in [-0.1, -0.05) is 206 Å². The van der Waals surface area contributed by atoms with Crippen LogP contribution in [0.15, 0.2) is 12.2 Å². The second-order valence-corrected chi connectivity index (χ2v) is 14.7. The molecule has 0 radical (unpaired) electrons. The Balaban J connectivity index is 3.99. The number of amides is 1. The predicted molar refractivity (Wildman–Crippen MR) is 205 cm³/mol. The number of hydrogen-bond donors (Lipinski definition) is 5. The van der Waals surface area contributed by atoms with Gasteiger partial charge in [0.1, 0.15) is 0 Å². The van der Waals surface area contributed by atoms with Crippen LogP contribution in [0.3, 0.4) is 0 Å². The van der Waals surface area contributed by atoms with Crippen LogP contribution in [0.1, 0.15) is 213 Å². The average Bonchev–Trinajstić information content (AvgIpc) is 3.09. The maximum Gasteiger partial charge on any atom is 0.223 e. The van der Waals surface area contributed by atoms with Gasteiger partial charge in [-0.15, -0.1) is 0 Å². The lowest BCUT2D eigenvalue weighted by Crippen LogP contribution is -2.47. The minimum atomic E-state index is -1.08. The molecule has 0 aromatic rings. The van der Waals surface area contributed by atoms with E-state index < -0.39 is 24.9 Å². The third kappa shape index (κ3) is 31.1. The van der Waals surface area contributed by atoms with Crippen molar-refractivity contribution in [2.75, 3.05) is 13.2 Å². The van der Waals surface area contributed by atoms with Gasteiger partial charge in [0.05, 0.1) is 24.9 Å². The van der Waals surface area contributed by atoms with Crippen molar-refractivity contribution in [2.45, 2.75) is 231 Å². The Hall–Kier alpha value is -0.950. The summed E-state index contributed by atoms with van der Waals surface area (Å²) in [5, 5.41) is 43.1. The molecule has 4 unspecified atom stereocenters. The van der Waals surface area contributed by atoms with E-state index in [1.54, 1.807) is 6.08 Å². The normalized spacial score (nSPS) is 14.4. The average molecular weight is 682 g/mol. The van der Waals surface area contributed by atoms with Crippen molar-refractivity contribution < 1.29 is 25.2 Å². The molecule has 0 saturated carbocycles. The van der Waals surface area contributed by atoms with Gasteiger partial charge in [-0.05, 0) is 19.3 Å². The van der Waals surface area contributed by atoms with E-state index in [1.807, 2.05) is 0 Å². The van der Waals surface area contributed by atoms with Gasteiger partial charge in [-0.2, -0.15) is 0 Å². The van der Waals surface area contributed by atoms with Crippen molar-refractivity contribution in [3.8, 4) is 0 Å². The molecule has 0 aromatic carbocycles. The van der Waals surface area contributed by atoms with Crippen LogP contribution in [-0.2, 0) is 4.79 Å². The van der Waals surface area contributed by atoms with Gasteiger partial charge in [0.25, 0.3) is 0 Å². The van der Waals surface area contributed by atoms with Crippen molar-refractivity contribution in [3.63, 3.8) is 0 Å². The largest absolute Gasteiger partial charge is 0.396 e. The first-order chi connectivity index (χ1) is 23.5. The Labute approximate surface area is 298 Å². The molecular weight excluding hydrogens is 598 g/mol. The highest BCUT2D eigenvalue weighted by Crippen LogP contribution is 2.18. The van der Waals surface area contributed by atoms with Gasteiger partial charge in [-0.25, -0.2) is 0 Å². The van der Waals surface area contributed by atoms with Crippen molar-refractivity contribution in [1.29, 1.82) is 0 Å². The van der Waals surface area contributed by atoms with Crippen LogP contribution in [0.5, 0.6) is 0 Å². The van der Waals surface area contributed by atoms with E-state index in [0.717, 1.165) is 25.7 Å². The summed E-state index contributed by atoms with van der Waals surface area (Å²) in [6.45, 7) is 4.07. The van der Waals surface area contributed by atoms with Crippen LogP contribution in [-0.4, -0.2) is 57.8 Å². The smallest absolute Gasteiger partial charge is 0.223 e. The molecule has 0 bridgehead atoms. The molecule has 0 spiro atoms. The van der Waals surface area contributed by atoms with Crippen LogP contribution < -0.4 is 5.32 Å². The van der Waals surface area contributed by atoms with E-state index in [4.69, 9.17) is 0 Å². The Kier molecular flexibility index (Phi) is 36.6. The van der Waals surface area contributed by atoms with E-state index in [2.05, 4.69) is 19.2 Å². The first-order valence-corrected chi connectivity index (χ1v) is 21.1. The molecule has 0 aliphatic carbocycles. The molecule has 0 aliphatic heterocycles. The Morgan fingerprint density at radius 2 is 0.854 bits per heavy atom. The highest BCUT2D eigenvalue weighted by molar-refractivity contribution is 5.79. The number of hydrogen-bond acceptors (Lipinski definition) is 5. The maximum atomic E-state index is 13.0. The van der Waals surface area contributed by atoms with Crippen molar-refractivity contribution in [2.24, 2.45) is 5.92 Å². The van der Waals surface area contributed by atoms with E-state index >= 15 is 0 Å². The fraction of sp³-hybridized carbons (Fsp3) is 0.929. The Bertz CT molecular complexity index is 687. The molecular formula is C42H83NO5. The molecule has 0 fully saturated rings. The van der Waals surface area contributed by atoms with Crippen molar-refractivity contribution in [3.05, 3.63) is 12.2 Å². The highest BCUT2D eigenvalue weighted by Gasteiger charge is 2.24. The topological polar surface area (TPSA) is 110 Å². The minimum Gasteiger partial charge on any atom is -0.396 e. The highest BCUT2D eigenvalue weighted by atomic mass is 16.3. The molecule has 48 heavy (non-hydrogen) atoms. The third-order valence-corrected chi connectivity index (χ3v) is 10.1. The molecule has 0 saturated heterocycles. The maximum absolute atomic E-state index is 13.0. The number of rotatable bonds is 38. The Morgan fingerprint density at radius 3 is 1.21 bits per heavy atom. The predicted octanol–water partition coefficient (Wildman–Crippen LogP) is 10.5. The Morgan fingerprint density at radius 1 is 0.500 bits per heavy atom. The summed E-state index contributed by atoms with van der Waals surface area (Å²) in [4.78, 5) is 13.0. The lowest BCUT2D eigenvalue weighted by atomic mass is 9.95. The summed E-state index contributed by atoms with van der Waals surface area (Å²) in [6.07, 6.45) is 39.3. The molecule has 4 atom stereocenters. The minimum absolute atomic E-state index is 0.0610. The monoisotopic (exact) mass is 682 g/mol. The van der Waals surface area contributed by atoms with E-state index in [-0.39, 0.29) is 18.4 Å². The zero-order valence-electron chi connectivity index (χ0n) is 32.0. The molecule has 0 heterocycles. The molecule has 286 valence electrons. The summed E-state index contributed by atoms with van der Waals surface area (Å²) in [7, 11) is 0. The molecule has 0 rings (SSSR count). The molecule has 6 heteroatoms. The molecule has 6 nitrogen and oxygen atoms in total. The van der Waals surface area contributed by atoms with Gasteiger partial charge >= 0.3 is 0 Å². The van der Waals surface area contributed by atoms with Crippen LogP contribution in [0.4, 0.5) is 0 Å². The summed E-state index contributed by atoms with van der Waals surface area (Å²) in [5.41, 5.74) is 0. The quantitative estimate of drug-likeness (QED) is 0.0329. The summed E-state index contributed by atoms with van der Waals surface area (Å²) in [6, 6.07) is -0.834. The SMILES string of the molecule is CCCCCCCCCCCCCCCCCCCCC(CCO)C(=O)NC(CO)C(O)/C=C/C(O)CCCCCCCCCCCC. The second-order valence-electron chi connectivity index (χ2n) is 14.7. The van der Waals surface area contributed by atoms with Crippen LogP contribution in [0.25, 0.3) is 0 Å². The van der Waals surface area contributed by atoms with Crippen LogP contribution >= 0.6 is 0 Å². The first kappa shape index (κ1) is 47.0. The second kappa shape index (κ2) is 37.3. The summed E-state index contributed by atoms with van der Waals surface area (Å²) >= 11 is 0. The standard InChI is InChI=1S/C42H83NO5/c1-3-5-7-9-11-13-15-16-17-18-19-20-21-22-23-25-27-29-31-38(35-36-44)42(48)43-40(37-45)41(47)34-33-39(46)32-30-28-26-24-14-12-10-8-6-4-2/h33-34,38-41,44-47H,3-32,35-37H2,1-2H3,(H,43,48)/b34-33+. The number of aliphatic hydroxyl groups excluding tert-OH is 4. The summed E-state index contributed by atoms with van der Waals surface area (Å²) in [5.74, 6) is -0.559. The first-order valence-electron chi connectivity index (χ1n) is 21.1. The number of carbonyl (C=O) groups is 1. The third-order valence-electron chi connectivity index (χ3n) is 10.1. The number of unbranched alkanes of at least 4 members (excludes halogenated alkanes) is 26. The van der Waals surface area contributed by atoms with Crippen molar-refractivity contribution >= 4 is 5.91 Å². The lowest BCUT2D eigenvalue weighted by Gasteiger charge is -2.23. The van der Waals surface area contributed by atoms with Gasteiger partial charge in [0.15, 0.2) is 0 Å². The molecule has 0 aliphatic rings. The number of carbonyl (C=O) groups excluding carboxylic acids is 1. The fourth-order valence-electron chi connectivity index (χ4n) is 6.71. The van der Waals surface area contributed by atoms with Gasteiger partial charge < -0.3 is 25.7 Å². The molecule has 5 N–H and O–H groups in total. The van der Waals surface area contributed by atoms with E-state index in [0.29, 0.717) is 19.3 Å². The molecule has 1 amide bonds.